The SMILES string of the molecule is CCOc1ccc(CCN2CC(S(=O)(=O)Cl)CC2=O)cc1. The van der Waals surface area contributed by atoms with Crippen LogP contribution in [-0.4, -0.2) is 44.2 Å². The highest BCUT2D eigenvalue weighted by Crippen LogP contribution is 2.21. The van der Waals surface area contributed by atoms with Crippen LogP contribution in [0.15, 0.2) is 24.3 Å². The van der Waals surface area contributed by atoms with Crippen molar-refractivity contribution in [1.82, 2.24) is 4.90 Å². The van der Waals surface area contributed by atoms with Crippen LogP contribution in [0.1, 0.15) is 18.9 Å². The van der Waals surface area contributed by atoms with Crippen LogP contribution in [0.25, 0.3) is 0 Å². The Morgan fingerprint density at radius 3 is 2.52 bits per heavy atom. The third-order valence-electron chi connectivity index (χ3n) is 3.48. The van der Waals surface area contributed by atoms with Gasteiger partial charge in [0, 0.05) is 30.2 Å². The van der Waals surface area contributed by atoms with Crippen molar-refractivity contribution in [1.29, 1.82) is 0 Å². The molecule has 1 aliphatic heterocycles. The number of carbonyl (C=O) groups excluding carboxylic acids is 1. The lowest BCUT2D eigenvalue weighted by Gasteiger charge is -2.16. The molecule has 1 aromatic carbocycles. The van der Waals surface area contributed by atoms with Crippen LogP contribution in [0.2, 0.25) is 0 Å². The molecule has 1 atom stereocenters. The molecule has 0 N–H and O–H groups in total. The van der Waals surface area contributed by atoms with Crippen molar-refractivity contribution >= 4 is 25.6 Å². The van der Waals surface area contributed by atoms with Crippen LogP contribution in [0.4, 0.5) is 0 Å². The van der Waals surface area contributed by atoms with Gasteiger partial charge in [-0.05, 0) is 31.0 Å². The van der Waals surface area contributed by atoms with Gasteiger partial charge in [-0.1, -0.05) is 12.1 Å². The zero-order valence-electron chi connectivity index (χ0n) is 11.8. The predicted molar refractivity (Wildman–Crippen MR) is 81.1 cm³/mol. The van der Waals surface area contributed by atoms with Gasteiger partial charge in [0.05, 0.1) is 6.61 Å². The summed E-state index contributed by atoms with van der Waals surface area (Å²) >= 11 is 0. The first kappa shape index (κ1) is 16.1. The van der Waals surface area contributed by atoms with E-state index in [1.807, 2.05) is 31.2 Å². The van der Waals surface area contributed by atoms with E-state index < -0.39 is 14.3 Å². The molecule has 2 rings (SSSR count). The predicted octanol–water partition coefficient (Wildman–Crippen LogP) is 1.80. The maximum Gasteiger partial charge on any atom is 0.237 e. The molecule has 0 saturated carbocycles. The lowest BCUT2D eigenvalue weighted by Crippen LogP contribution is -2.29. The van der Waals surface area contributed by atoms with Gasteiger partial charge in [-0.3, -0.25) is 4.79 Å². The number of benzene rings is 1. The van der Waals surface area contributed by atoms with Gasteiger partial charge in [-0.25, -0.2) is 8.42 Å². The van der Waals surface area contributed by atoms with Crippen LogP contribution in [0, 0.1) is 0 Å². The first-order valence-corrected chi connectivity index (χ1v) is 9.20. The number of hydrogen-bond acceptors (Lipinski definition) is 4. The average Bonchev–Trinajstić information content (AvgIpc) is 2.80. The maximum absolute atomic E-state index is 11.8. The van der Waals surface area contributed by atoms with E-state index in [1.54, 1.807) is 4.90 Å². The van der Waals surface area contributed by atoms with E-state index in [0.717, 1.165) is 11.3 Å². The molecule has 1 amide bonds. The van der Waals surface area contributed by atoms with Gasteiger partial charge in [0.15, 0.2) is 0 Å². The van der Waals surface area contributed by atoms with Crippen molar-refractivity contribution in [3.8, 4) is 5.75 Å². The summed E-state index contributed by atoms with van der Waals surface area (Å²) in [5.74, 6) is 0.655. The zero-order chi connectivity index (χ0) is 15.5. The molecule has 0 radical (unpaired) electrons. The van der Waals surface area contributed by atoms with Gasteiger partial charge in [0.1, 0.15) is 11.0 Å². The number of halogens is 1. The minimum Gasteiger partial charge on any atom is -0.494 e. The second-order valence-corrected chi connectivity index (χ2v) is 7.88. The van der Waals surface area contributed by atoms with Crippen LogP contribution >= 0.6 is 10.7 Å². The van der Waals surface area contributed by atoms with Crippen LogP contribution in [0.3, 0.4) is 0 Å². The summed E-state index contributed by atoms with van der Waals surface area (Å²) in [7, 11) is 1.64. The molecule has 0 aromatic heterocycles. The summed E-state index contributed by atoms with van der Waals surface area (Å²) in [6, 6.07) is 7.66. The molecule has 0 bridgehead atoms. The minimum atomic E-state index is -3.67. The fourth-order valence-electron chi connectivity index (χ4n) is 2.32. The van der Waals surface area contributed by atoms with Gasteiger partial charge < -0.3 is 9.64 Å². The molecule has 1 aliphatic rings. The molecular formula is C14H18ClNO4S. The highest BCUT2D eigenvalue weighted by atomic mass is 35.7. The molecule has 0 aliphatic carbocycles. The second kappa shape index (κ2) is 6.66. The Morgan fingerprint density at radius 1 is 1.33 bits per heavy atom. The molecule has 7 heteroatoms. The number of carbonyl (C=O) groups is 1. The fraction of sp³-hybridized carbons (Fsp3) is 0.500. The highest BCUT2D eigenvalue weighted by molar-refractivity contribution is 8.14. The van der Waals surface area contributed by atoms with E-state index in [-0.39, 0.29) is 18.9 Å². The third kappa shape index (κ3) is 4.35. The average molecular weight is 332 g/mol. The number of likely N-dealkylation sites (tertiary alicyclic amines) is 1. The summed E-state index contributed by atoms with van der Waals surface area (Å²) in [5, 5.41) is -0.785. The van der Waals surface area contributed by atoms with E-state index in [2.05, 4.69) is 0 Å². The van der Waals surface area contributed by atoms with E-state index in [1.165, 1.54) is 0 Å². The number of nitrogens with zero attached hydrogens (tertiary/aromatic N) is 1. The summed E-state index contributed by atoms with van der Waals surface area (Å²) in [4.78, 5) is 13.3. The molecule has 1 heterocycles. The van der Waals surface area contributed by atoms with Crippen molar-refractivity contribution < 1.29 is 17.9 Å². The molecule has 1 fully saturated rings. The Hall–Kier alpha value is -1.27. The largest absolute Gasteiger partial charge is 0.494 e. The summed E-state index contributed by atoms with van der Waals surface area (Å²) in [6.07, 6.45) is 0.655. The lowest BCUT2D eigenvalue weighted by atomic mass is 10.1. The van der Waals surface area contributed by atoms with Crippen LogP contribution < -0.4 is 4.74 Å². The Morgan fingerprint density at radius 2 is 2.00 bits per heavy atom. The molecule has 21 heavy (non-hydrogen) atoms. The Bertz CT molecular complexity index is 600. The van der Waals surface area contributed by atoms with Crippen molar-refractivity contribution in [2.24, 2.45) is 0 Å². The fourth-order valence-corrected chi connectivity index (χ4v) is 3.38. The molecule has 1 saturated heterocycles. The van der Waals surface area contributed by atoms with Crippen molar-refractivity contribution in [3.05, 3.63) is 29.8 Å². The summed E-state index contributed by atoms with van der Waals surface area (Å²) in [6.45, 7) is 3.22. The Balaban J connectivity index is 1.90. The smallest absolute Gasteiger partial charge is 0.237 e. The minimum absolute atomic E-state index is 0.0187. The van der Waals surface area contributed by atoms with E-state index in [0.29, 0.717) is 19.6 Å². The topological polar surface area (TPSA) is 63.7 Å². The third-order valence-corrected chi connectivity index (χ3v) is 5.35. The normalized spacial score (nSPS) is 19.0. The molecule has 5 nitrogen and oxygen atoms in total. The van der Waals surface area contributed by atoms with E-state index >= 15 is 0 Å². The summed E-state index contributed by atoms with van der Waals surface area (Å²) in [5.41, 5.74) is 1.07. The van der Waals surface area contributed by atoms with Gasteiger partial charge in [-0.15, -0.1) is 0 Å². The summed E-state index contributed by atoms with van der Waals surface area (Å²) < 4.78 is 27.9. The first-order valence-electron chi connectivity index (χ1n) is 6.83. The van der Waals surface area contributed by atoms with Crippen LogP contribution in [0.5, 0.6) is 5.75 Å². The molecule has 1 unspecified atom stereocenters. The van der Waals surface area contributed by atoms with E-state index in [9.17, 15) is 13.2 Å². The Kier molecular flexibility index (Phi) is 5.11. The van der Waals surface area contributed by atoms with Gasteiger partial charge >= 0.3 is 0 Å². The standard InChI is InChI=1S/C14H18ClNO4S/c1-2-20-12-5-3-11(4-6-12)7-8-16-10-13(9-14(16)17)21(15,18)19/h3-6,13H,2,7-10H2,1H3. The second-order valence-electron chi connectivity index (χ2n) is 4.97. The highest BCUT2D eigenvalue weighted by Gasteiger charge is 2.36. The van der Waals surface area contributed by atoms with Gasteiger partial charge in [-0.2, -0.15) is 0 Å². The molecule has 1 aromatic rings. The molecule has 0 spiro atoms. The number of amides is 1. The van der Waals surface area contributed by atoms with Crippen molar-refractivity contribution in [3.63, 3.8) is 0 Å². The maximum atomic E-state index is 11.8. The number of hydrogen-bond donors (Lipinski definition) is 0. The molecule has 116 valence electrons. The van der Waals surface area contributed by atoms with E-state index in [4.69, 9.17) is 15.4 Å². The monoisotopic (exact) mass is 331 g/mol. The zero-order valence-corrected chi connectivity index (χ0v) is 13.4. The number of ether oxygens (including phenoxy) is 1. The van der Waals surface area contributed by atoms with Crippen LogP contribution in [-0.2, 0) is 20.3 Å². The number of rotatable bonds is 6. The quantitative estimate of drug-likeness (QED) is 0.746. The van der Waals surface area contributed by atoms with Gasteiger partial charge in [0.25, 0.3) is 0 Å². The Labute approximate surface area is 129 Å². The lowest BCUT2D eigenvalue weighted by molar-refractivity contribution is -0.127. The van der Waals surface area contributed by atoms with Crippen molar-refractivity contribution in [2.75, 3.05) is 19.7 Å². The van der Waals surface area contributed by atoms with Gasteiger partial charge in [0.2, 0.25) is 15.0 Å². The first-order chi connectivity index (χ1) is 9.90. The molecular weight excluding hydrogens is 314 g/mol. The van der Waals surface area contributed by atoms with Crippen molar-refractivity contribution in [2.45, 2.75) is 25.0 Å².